The molecule has 2 aromatic carbocycles. The van der Waals surface area contributed by atoms with E-state index in [0.717, 1.165) is 22.4 Å². The van der Waals surface area contributed by atoms with E-state index in [1.807, 2.05) is 52.8 Å². The molecule has 0 aliphatic heterocycles. The minimum atomic E-state index is -3.27. The number of sulfone groups is 1. The Bertz CT molecular complexity index is 1010. The van der Waals surface area contributed by atoms with Crippen molar-refractivity contribution in [3.63, 3.8) is 0 Å². The van der Waals surface area contributed by atoms with E-state index in [-0.39, 0.29) is 16.8 Å². The maximum atomic E-state index is 12.7. The fourth-order valence-electron chi connectivity index (χ4n) is 3.57. The fourth-order valence-corrected chi connectivity index (χ4v) is 4.20. The highest BCUT2D eigenvalue weighted by molar-refractivity contribution is 7.90. The van der Waals surface area contributed by atoms with Gasteiger partial charge in [-0.05, 0) is 73.4 Å². The lowest BCUT2D eigenvalue weighted by atomic mass is 9.88. The molecular weight excluding hydrogens is 460 g/mol. The van der Waals surface area contributed by atoms with Crippen LogP contribution in [0.5, 0.6) is 5.75 Å². The average molecular weight is 505 g/mol. The highest BCUT2D eigenvalue weighted by atomic mass is 32.2. The molecule has 2 aromatic rings. The van der Waals surface area contributed by atoms with Crippen molar-refractivity contribution in [2.45, 2.75) is 78.5 Å². The summed E-state index contributed by atoms with van der Waals surface area (Å²) >= 11 is 0. The highest BCUT2D eigenvalue weighted by Crippen LogP contribution is 2.37. The first-order valence-electron chi connectivity index (χ1n) is 12.9. The first kappa shape index (κ1) is 30.7. The van der Waals surface area contributed by atoms with Crippen molar-refractivity contribution in [1.82, 2.24) is 0 Å². The Hall–Kier alpha value is -2.34. The summed E-state index contributed by atoms with van der Waals surface area (Å²) in [6.45, 7) is 15.0. The summed E-state index contributed by atoms with van der Waals surface area (Å²) in [5, 5.41) is 0. The molecule has 0 heterocycles. The van der Waals surface area contributed by atoms with Crippen molar-refractivity contribution in [2.24, 2.45) is 11.8 Å². The van der Waals surface area contributed by atoms with Crippen molar-refractivity contribution in [3.8, 4) is 16.9 Å². The Morgan fingerprint density at radius 2 is 1.60 bits per heavy atom. The van der Waals surface area contributed by atoms with E-state index in [0.29, 0.717) is 31.5 Å². The second kappa shape index (κ2) is 14.9. The van der Waals surface area contributed by atoms with Crippen molar-refractivity contribution >= 4 is 15.8 Å². The predicted molar refractivity (Wildman–Crippen MR) is 145 cm³/mol. The predicted octanol–water partition coefficient (Wildman–Crippen LogP) is 7.29. The van der Waals surface area contributed by atoms with Gasteiger partial charge in [-0.25, -0.2) is 8.42 Å². The van der Waals surface area contributed by atoms with Gasteiger partial charge >= 0.3 is 5.97 Å². The van der Waals surface area contributed by atoms with Crippen molar-refractivity contribution in [1.29, 1.82) is 0 Å². The third kappa shape index (κ3) is 9.67. The molecule has 0 aromatic heterocycles. The minimum Gasteiger partial charge on any atom is -0.493 e. The lowest BCUT2D eigenvalue weighted by Crippen LogP contribution is -2.18. The third-order valence-electron chi connectivity index (χ3n) is 5.45. The van der Waals surface area contributed by atoms with Crippen LogP contribution in [-0.2, 0) is 19.4 Å². The van der Waals surface area contributed by atoms with Crippen LogP contribution in [0.2, 0.25) is 0 Å². The van der Waals surface area contributed by atoms with Crippen LogP contribution in [0, 0.1) is 11.8 Å². The van der Waals surface area contributed by atoms with Crippen LogP contribution in [0.15, 0.2) is 47.4 Å². The van der Waals surface area contributed by atoms with Gasteiger partial charge in [0, 0.05) is 11.8 Å². The summed E-state index contributed by atoms with van der Waals surface area (Å²) in [7, 11) is -3.27. The molecule has 0 saturated heterocycles. The molecule has 6 heteroatoms. The van der Waals surface area contributed by atoms with Crippen molar-refractivity contribution in [3.05, 3.63) is 48.0 Å². The molecule has 0 N–H and O–H groups in total. The number of esters is 1. The van der Waals surface area contributed by atoms with Crippen LogP contribution < -0.4 is 4.74 Å². The van der Waals surface area contributed by atoms with Gasteiger partial charge in [-0.1, -0.05) is 59.7 Å². The molecular formula is C29H44O5S. The highest BCUT2D eigenvalue weighted by Gasteiger charge is 2.26. The number of benzene rings is 2. The van der Waals surface area contributed by atoms with E-state index in [1.54, 1.807) is 24.3 Å². The van der Waals surface area contributed by atoms with E-state index >= 15 is 0 Å². The van der Waals surface area contributed by atoms with E-state index < -0.39 is 9.84 Å². The molecule has 1 fully saturated rings. The lowest BCUT2D eigenvalue weighted by Gasteiger charge is -2.20. The molecule has 0 spiro atoms. The number of carbonyl (C=O) groups is 1. The third-order valence-corrected chi connectivity index (χ3v) is 6.58. The first-order chi connectivity index (χ1) is 16.7. The summed E-state index contributed by atoms with van der Waals surface area (Å²) in [4.78, 5) is 12.9. The molecule has 1 saturated carbocycles. The van der Waals surface area contributed by atoms with E-state index in [4.69, 9.17) is 9.47 Å². The van der Waals surface area contributed by atoms with Gasteiger partial charge in [0.15, 0.2) is 9.84 Å². The fraction of sp³-hybridized carbons (Fsp3) is 0.552. The number of hydrogen-bond acceptors (Lipinski definition) is 5. The topological polar surface area (TPSA) is 69.7 Å². The Morgan fingerprint density at radius 3 is 2.09 bits per heavy atom. The summed E-state index contributed by atoms with van der Waals surface area (Å²) in [5.41, 5.74) is 2.59. The van der Waals surface area contributed by atoms with Gasteiger partial charge in [-0.2, -0.15) is 0 Å². The van der Waals surface area contributed by atoms with Gasteiger partial charge in [-0.15, -0.1) is 0 Å². The largest absolute Gasteiger partial charge is 0.493 e. The van der Waals surface area contributed by atoms with E-state index in [2.05, 4.69) is 13.8 Å². The number of rotatable bonds is 10. The molecule has 196 valence electrons. The summed E-state index contributed by atoms with van der Waals surface area (Å²) in [5.74, 6) is 1.11. The molecule has 5 nitrogen and oxygen atoms in total. The van der Waals surface area contributed by atoms with Crippen LogP contribution in [0.25, 0.3) is 11.1 Å². The van der Waals surface area contributed by atoms with Crippen molar-refractivity contribution in [2.75, 3.05) is 19.5 Å². The molecule has 1 aliphatic carbocycles. The van der Waals surface area contributed by atoms with Crippen LogP contribution in [-0.4, -0.2) is 33.9 Å². The van der Waals surface area contributed by atoms with Crippen LogP contribution >= 0.6 is 0 Å². The van der Waals surface area contributed by atoms with Gasteiger partial charge in [0.1, 0.15) is 5.75 Å². The Kier molecular flexibility index (Phi) is 13.1. The van der Waals surface area contributed by atoms with Crippen LogP contribution in [0.1, 0.15) is 79.2 Å². The molecule has 3 rings (SSSR count). The molecule has 35 heavy (non-hydrogen) atoms. The van der Waals surface area contributed by atoms with Gasteiger partial charge in [-0.3, -0.25) is 4.79 Å². The maximum Gasteiger partial charge on any atom is 0.313 e. The monoisotopic (exact) mass is 504 g/mol. The molecule has 1 atom stereocenters. The van der Waals surface area contributed by atoms with Gasteiger partial charge in [0.05, 0.1) is 24.0 Å². The molecule has 0 radical (unpaired) electrons. The van der Waals surface area contributed by atoms with Gasteiger partial charge < -0.3 is 9.47 Å². The zero-order valence-electron chi connectivity index (χ0n) is 22.8. The van der Waals surface area contributed by atoms with Gasteiger partial charge in [0.25, 0.3) is 0 Å². The summed E-state index contributed by atoms with van der Waals surface area (Å²) in [6.07, 6.45) is 4.27. The lowest BCUT2D eigenvalue weighted by molar-refractivity contribution is -0.145. The zero-order chi connectivity index (χ0) is 26.6. The number of hydrogen-bond donors (Lipinski definition) is 0. The molecule has 1 unspecified atom stereocenters. The summed E-state index contributed by atoms with van der Waals surface area (Å²) < 4.78 is 35.1. The second-order valence-electron chi connectivity index (χ2n) is 8.74. The smallest absolute Gasteiger partial charge is 0.313 e. The Labute approximate surface area is 213 Å². The SMILES string of the molecule is CC.CC.CCOC(=O)C(CC(C)C)c1ccc(OCC2CC2)c(-c2ccc(S(C)(=O)=O)cc2)c1. The second-order valence-corrected chi connectivity index (χ2v) is 10.8. The quantitative estimate of drug-likeness (QED) is 0.318. The minimum absolute atomic E-state index is 0.221. The van der Waals surface area contributed by atoms with Gasteiger partial charge in [0.2, 0.25) is 0 Å². The van der Waals surface area contributed by atoms with E-state index in [1.165, 1.54) is 19.1 Å². The van der Waals surface area contributed by atoms with E-state index in [9.17, 15) is 13.2 Å². The van der Waals surface area contributed by atoms with Crippen LogP contribution in [0.3, 0.4) is 0 Å². The summed E-state index contributed by atoms with van der Waals surface area (Å²) in [6, 6.07) is 12.7. The molecule has 1 aliphatic rings. The average Bonchev–Trinajstić information content (AvgIpc) is 3.68. The number of ether oxygens (including phenoxy) is 2. The number of carbonyl (C=O) groups excluding carboxylic acids is 1. The maximum absolute atomic E-state index is 12.7. The standard InChI is InChI=1S/C25H32O5S.2C2H6/c1-5-29-25(26)23(14-17(2)3)20-10-13-24(30-16-18-6-7-18)22(15-20)19-8-11-21(12-9-19)31(4,27)28;2*1-2/h8-13,15,17-18,23H,5-7,14,16H2,1-4H3;2*1-2H3. The Balaban J connectivity index is 0.00000145. The normalized spacial score (nSPS) is 13.6. The van der Waals surface area contributed by atoms with Crippen molar-refractivity contribution < 1.29 is 22.7 Å². The zero-order valence-corrected chi connectivity index (χ0v) is 23.6. The Morgan fingerprint density at radius 1 is 1.00 bits per heavy atom. The molecule has 0 bridgehead atoms. The first-order valence-corrected chi connectivity index (χ1v) is 14.8. The molecule has 0 amide bonds. The van der Waals surface area contributed by atoms with Crippen LogP contribution in [0.4, 0.5) is 0 Å².